The third-order valence-corrected chi connectivity index (χ3v) is 5.22. The minimum atomic E-state index is -0.185. The molecule has 0 heterocycles. The average molecular weight is 372 g/mol. The van der Waals surface area contributed by atoms with Gasteiger partial charge >= 0.3 is 0 Å². The Morgan fingerprint density at radius 2 is 1.75 bits per heavy atom. The van der Waals surface area contributed by atoms with Crippen LogP contribution in [0.3, 0.4) is 0 Å². The molecule has 0 spiro atoms. The van der Waals surface area contributed by atoms with Gasteiger partial charge in [-0.1, -0.05) is 69.7 Å². The summed E-state index contributed by atoms with van der Waals surface area (Å²) < 4.78 is 0. The van der Waals surface area contributed by atoms with Crippen LogP contribution in [-0.2, 0) is 17.6 Å². The molecule has 0 aliphatic rings. The Kier molecular flexibility index (Phi) is 6.65. The number of benzene rings is 3. The number of carbonyl (C=O) groups excluding carboxylic acids is 1. The van der Waals surface area contributed by atoms with Crippen molar-refractivity contribution in [2.75, 3.05) is 5.32 Å². The zero-order valence-electron chi connectivity index (χ0n) is 16.9. The van der Waals surface area contributed by atoms with E-state index in [1.165, 1.54) is 58.4 Å². The van der Waals surface area contributed by atoms with Crippen LogP contribution < -0.4 is 5.32 Å². The van der Waals surface area contributed by atoms with E-state index in [-0.39, 0.29) is 5.91 Å². The molecule has 0 aromatic heterocycles. The molecule has 1 N–H and O–H groups in total. The van der Waals surface area contributed by atoms with Crippen molar-refractivity contribution >= 4 is 22.4 Å². The van der Waals surface area contributed by atoms with Crippen LogP contribution in [0.25, 0.3) is 21.9 Å². The highest BCUT2D eigenvalue weighted by Gasteiger charge is 2.08. The van der Waals surface area contributed by atoms with Gasteiger partial charge in [0.2, 0.25) is 5.91 Å². The molecule has 0 aliphatic carbocycles. The van der Waals surface area contributed by atoms with Crippen molar-refractivity contribution in [2.45, 2.75) is 46.0 Å². The highest BCUT2D eigenvalue weighted by atomic mass is 16.1. The van der Waals surface area contributed by atoms with Gasteiger partial charge < -0.3 is 5.32 Å². The number of rotatable bonds is 8. The molecule has 0 aliphatic heterocycles. The van der Waals surface area contributed by atoms with E-state index in [4.69, 9.17) is 0 Å². The maximum Gasteiger partial charge on any atom is 0.247 e. The number of nitrogens with one attached hydrogen (secondary N) is 1. The Hall–Kier alpha value is -2.87. The smallest absolute Gasteiger partial charge is 0.247 e. The van der Waals surface area contributed by atoms with Gasteiger partial charge in [0.05, 0.1) is 0 Å². The van der Waals surface area contributed by atoms with Gasteiger partial charge in [-0.25, -0.2) is 0 Å². The zero-order valence-corrected chi connectivity index (χ0v) is 16.9. The molecule has 144 valence electrons. The fourth-order valence-electron chi connectivity index (χ4n) is 3.64. The maximum absolute atomic E-state index is 11.6. The topological polar surface area (TPSA) is 29.1 Å². The van der Waals surface area contributed by atoms with Crippen LogP contribution in [-0.4, -0.2) is 5.91 Å². The van der Waals surface area contributed by atoms with Crippen LogP contribution in [0.15, 0.2) is 67.3 Å². The summed E-state index contributed by atoms with van der Waals surface area (Å²) in [6, 6.07) is 19.6. The van der Waals surface area contributed by atoms with Crippen molar-refractivity contribution in [3.8, 4) is 11.1 Å². The molecule has 0 unspecified atom stereocenters. The molecule has 2 heteroatoms. The summed E-state index contributed by atoms with van der Waals surface area (Å²) in [4.78, 5) is 11.6. The number of aryl methyl sites for hydroxylation is 2. The lowest BCUT2D eigenvalue weighted by atomic mass is 9.94. The first-order valence-corrected chi connectivity index (χ1v) is 10.2. The number of anilines is 1. The third kappa shape index (κ3) is 4.69. The average Bonchev–Trinajstić information content (AvgIpc) is 2.73. The molecule has 0 fully saturated rings. The summed E-state index contributed by atoms with van der Waals surface area (Å²) in [5.74, 6) is -0.185. The first-order chi connectivity index (χ1) is 13.6. The van der Waals surface area contributed by atoms with Gasteiger partial charge in [-0.05, 0) is 76.6 Å². The van der Waals surface area contributed by atoms with E-state index in [1.807, 2.05) is 6.07 Å². The van der Waals surface area contributed by atoms with Crippen molar-refractivity contribution in [3.63, 3.8) is 0 Å². The van der Waals surface area contributed by atoms with E-state index in [0.29, 0.717) is 0 Å². The monoisotopic (exact) mass is 371 g/mol. The highest BCUT2D eigenvalue weighted by Crippen LogP contribution is 2.30. The summed E-state index contributed by atoms with van der Waals surface area (Å²) >= 11 is 0. The normalized spacial score (nSPS) is 10.8. The predicted molar refractivity (Wildman–Crippen MR) is 121 cm³/mol. The van der Waals surface area contributed by atoms with Crippen LogP contribution in [0.4, 0.5) is 5.69 Å². The van der Waals surface area contributed by atoms with Gasteiger partial charge in [0, 0.05) is 5.69 Å². The molecule has 2 nitrogen and oxygen atoms in total. The predicted octanol–water partition coefficient (Wildman–Crippen LogP) is 6.93. The van der Waals surface area contributed by atoms with E-state index in [1.54, 1.807) is 0 Å². The minimum absolute atomic E-state index is 0.185. The molecule has 0 saturated carbocycles. The Morgan fingerprint density at radius 3 is 2.50 bits per heavy atom. The Bertz CT molecular complexity index is 987. The fourth-order valence-corrected chi connectivity index (χ4v) is 3.64. The molecule has 3 aromatic rings. The number of fused-ring (bicyclic) bond motifs is 1. The lowest BCUT2D eigenvalue weighted by Gasteiger charge is -2.12. The molecular formula is C26H29NO. The minimum Gasteiger partial charge on any atom is -0.323 e. The van der Waals surface area contributed by atoms with Gasteiger partial charge in [0.15, 0.2) is 0 Å². The van der Waals surface area contributed by atoms with Crippen LogP contribution >= 0.6 is 0 Å². The molecule has 0 saturated heterocycles. The lowest BCUT2D eigenvalue weighted by Crippen LogP contribution is -2.07. The molecular weight excluding hydrogens is 342 g/mol. The van der Waals surface area contributed by atoms with Crippen molar-refractivity contribution in [2.24, 2.45) is 0 Å². The molecule has 0 radical (unpaired) electrons. The summed E-state index contributed by atoms with van der Waals surface area (Å²) in [6.45, 7) is 7.89. The van der Waals surface area contributed by atoms with Crippen LogP contribution in [0.1, 0.15) is 44.2 Å². The zero-order chi connectivity index (χ0) is 19.9. The van der Waals surface area contributed by atoms with Crippen molar-refractivity contribution in [1.82, 2.24) is 0 Å². The third-order valence-electron chi connectivity index (χ3n) is 5.22. The van der Waals surface area contributed by atoms with Crippen molar-refractivity contribution in [1.29, 1.82) is 0 Å². The van der Waals surface area contributed by atoms with E-state index in [2.05, 4.69) is 74.3 Å². The van der Waals surface area contributed by atoms with E-state index >= 15 is 0 Å². The summed E-state index contributed by atoms with van der Waals surface area (Å²) in [5.41, 5.74) is 5.88. The second-order valence-electron chi connectivity index (χ2n) is 7.27. The van der Waals surface area contributed by atoms with E-state index < -0.39 is 0 Å². The number of hydrogen-bond acceptors (Lipinski definition) is 1. The SMILES string of the molecule is C=CC(=O)Nc1ccc(-c2ccc3cc(CCCCC)ccc3c2)c(CC)c1. The van der Waals surface area contributed by atoms with Gasteiger partial charge in [-0.15, -0.1) is 0 Å². The van der Waals surface area contributed by atoms with E-state index in [9.17, 15) is 4.79 Å². The molecule has 3 aromatic carbocycles. The second-order valence-corrected chi connectivity index (χ2v) is 7.27. The quantitative estimate of drug-likeness (QED) is 0.338. The fraction of sp³-hybridized carbons (Fsp3) is 0.269. The number of amides is 1. The maximum atomic E-state index is 11.6. The van der Waals surface area contributed by atoms with Crippen LogP contribution in [0.5, 0.6) is 0 Å². The first kappa shape index (κ1) is 19.9. The highest BCUT2D eigenvalue weighted by molar-refractivity contribution is 5.99. The Balaban J connectivity index is 1.89. The van der Waals surface area contributed by atoms with Crippen LogP contribution in [0.2, 0.25) is 0 Å². The largest absolute Gasteiger partial charge is 0.323 e. The Morgan fingerprint density at radius 1 is 0.964 bits per heavy atom. The summed E-state index contributed by atoms with van der Waals surface area (Å²) in [6.07, 6.45) is 7.16. The molecule has 0 atom stereocenters. The first-order valence-electron chi connectivity index (χ1n) is 10.2. The van der Waals surface area contributed by atoms with Crippen molar-refractivity contribution in [3.05, 3.63) is 78.4 Å². The molecule has 1 amide bonds. The Labute approximate surface area is 168 Å². The van der Waals surface area contributed by atoms with Crippen molar-refractivity contribution < 1.29 is 4.79 Å². The van der Waals surface area contributed by atoms with Gasteiger partial charge in [-0.3, -0.25) is 4.79 Å². The lowest BCUT2D eigenvalue weighted by molar-refractivity contribution is -0.111. The molecule has 28 heavy (non-hydrogen) atoms. The standard InChI is InChI=1S/C26H29NO/c1-4-7-8-9-19-10-11-22-17-23(13-12-21(22)16-19)25-15-14-24(18-20(25)5-2)27-26(28)6-3/h6,10-18H,3-5,7-9H2,1-2H3,(H,27,28). The van der Waals surface area contributed by atoms with E-state index in [0.717, 1.165) is 18.5 Å². The summed E-state index contributed by atoms with van der Waals surface area (Å²) in [7, 11) is 0. The summed E-state index contributed by atoms with van der Waals surface area (Å²) in [5, 5.41) is 5.41. The van der Waals surface area contributed by atoms with Gasteiger partial charge in [-0.2, -0.15) is 0 Å². The van der Waals surface area contributed by atoms with Gasteiger partial charge in [0.25, 0.3) is 0 Å². The second kappa shape index (κ2) is 9.36. The number of hydrogen-bond donors (Lipinski definition) is 1. The number of unbranched alkanes of at least 4 members (excludes halogenated alkanes) is 2. The molecule has 3 rings (SSSR count). The van der Waals surface area contributed by atoms with Gasteiger partial charge in [0.1, 0.15) is 0 Å². The molecule has 0 bridgehead atoms. The number of carbonyl (C=O) groups is 1. The van der Waals surface area contributed by atoms with Crippen LogP contribution in [0, 0.1) is 0 Å².